The molecular formula is C49H26B2N. The van der Waals surface area contributed by atoms with E-state index in [0.717, 1.165) is 0 Å². The van der Waals surface area contributed by atoms with Crippen molar-refractivity contribution in [1.29, 1.82) is 0 Å². The summed E-state index contributed by atoms with van der Waals surface area (Å²) < 4.78 is 2.65. The molecule has 233 valence electrons. The van der Waals surface area contributed by atoms with Crippen LogP contribution in [0.5, 0.6) is 0 Å². The highest BCUT2D eigenvalue weighted by Gasteiger charge is 2.53. The van der Waals surface area contributed by atoms with Crippen LogP contribution in [0, 0.1) is 0 Å². The summed E-state index contributed by atoms with van der Waals surface area (Å²) in [5.41, 5.74) is 21.5. The van der Waals surface area contributed by atoms with Crippen molar-refractivity contribution in [1.82, 2.24) is 4.57 Å². The van der Waals surface area contributed by atoms with E-state index in [1.54, 1.807) is 0 Å². The van der Waals surface area contributed by atoms with Crippen molar-refractivity contribution < 1.29 is 0 Å². The van der Waals surface area contributed by atoms with E-state index in [2.05, 4.69) is 170 Å². The summed E-state index contributed by atoms with van der Waals surface area (Å²) in [6.07, 6.45) is 0. The number of fused-ring (bicyclic) bond motifs is 13. The molecule has 3 heteroatoms. The summed E-state index contributed by atoms with van der Waals surface area (Å²) in [5, 5.41) is 8.19. The standard InChI is InChI=1S/C49H26B2N/c1-2-12-28-27(11-1)31-23-25-39-47-44(31)45-32(28)24-26-42-48(45)52(47)46-38(50-39)20-10-22-41(46)51(42)40-21-9-19-37-43(40)33-15-5-8-18-36(33)49(37)34-16-6-3-13-29(34)30-14-4-7-17-35(30)49/h1-26H. The molecule has 0 atom stereocenters. The Bertz CT molecular complexity index is 3250. The van der Waals surface area contributed by atoms with Crippen molar-refractivity contribution in [2.24, 2.45) is 0 Å². The Morgan fingerprint density at radius 1 is 0.404 bits per heavy atom. The lowest BCUT2D eigenvalue weighted by Crippen LogP contribution is -2.59. The summed E-state index contributed by atoms with van der Waals surface area (Å²) >= 11 is 0. The maximum Gasteiger partial charge on any atom is 0.247 e. The third kappa shape index (κ3) is 2.70. The van der Waals surface area contributed by atoms with Crippen LogP contribution in [0.1, 0.15) is 22.3 Å². The zero-order chi connectivity index (χ0) is 33.4. The van der Waals surface area contributed by atoms with Crippen LogP contribution in [0.4, 0.5) is 0 Å². The first-order chi connectivity index (χ1) is 25.8. The minimum atomic E-state index is -0.365. The van der Waals surface area contributed by atoms with Crippen molar-refractivity contribution in [3.8, 4) is 27.9 Å². The molecular weight excluding hydrogens is 624 g/mol. The molecule has 1 nitrogen and oxygen atoms in total. The first kappa shape index (κ1) is 26.5. The van der Waals surface area contributed by atoms with E-state index < -0.39 is 0 Å². The van der Waals surface area contributed by atoms with Crippen molar-refractivity contribution >= 4 is 84.7 Å². The molecule has 0 amide bonds. The van der Waals surface area contributed by atoms with Crippen molar-refractivity contribution in [2.45, 2.75) is 5.41 Å². The topological polar surface area (TPSA) is 4.93 Å². The summed E-state index contributed by atoms with van der Waals surface area (Å²) in [7, 11) is 2.44. The van der Waals surface area contributed by atoms with E-state index in [1.807, 2.05) is 0 Å². The van der Waals surface area contributed by atoms with Gasteiger partial charge in [0.1, 0.15) is 0 Å². The van der Waals surface area contributed by atoms with Crippen molar-refractivity contribution in [3.63, 3.8) is 0 Å². The van der Waals surface area contributed by atoms with E-state index in [1.165, 1.54) is 121 Å². The fourth-order valence-electron chi connectivity index (χ4n) is 11.6. The molecule has 0 fully saturated rings. The van der Waals surface area contributed by atoms with Crippen LogP contribution in [0.25, 0.3) is 71.3 Å². The molecule has 0 bridgehead atoms. The van der Waals surface area contributed by atoms with E-state index in [0.29, 0.717) is 0 Å². The van der Waals surface area contributed by atoms with E-state index in [4.69, 9.17) is 0 Å². The summed E-state index contributed by atoms with van der Waals surface area (Å²) in [4.78, 5) is 0. The van der Waals surface area contributed by atoms with Gasteiger partial charge >= 0.3 is 0 Å². The van der Waals surface area contributed by atoms with Gasteiger partial charge < -0.3 is 4.57 Å². The SMILES string of the molecule is [B]1c2cccc3c2-n2c4c1ccc1c5ccccc5c5ccc(c2c5c14)B3c1cccc2c1-c1ccccc1C21c2ccccc2-c2ccccc21. The molecule has 0 saturated heterocycles. The molecule has 3 heterocycles. The largest absolute Gasteiger partial charge is 0.311 e. The molecule has 10 aromatic rings. The second-order valence-electron chi connectivity index (χ2n) is 15.3. The Morgan fingerprint density at radius 3 is 1.73 bits per heavy atom. The number of hydrogen-bond acceptors (Lipinski definition) is 0. The lowest BCUT2D eigenvalue weighted by molar-refractivity contribution is 0.794. The van der Waals surface area contributed by atoms with Gasteiger partial charge in [0.2, 0.25) is 6.71 Å². The van der Waals surface area contributed by atoms with Gasteiger partial charge in [0.05, 0.1) is 5.41 Å². The minimum Gasteiger partial charge on any atom is -0.311 e. The number of rotatable bonds is 1. The molecule has 0 unspecified atom stereocenters. The molecule has 1 spiro atoms. The summed E-state index contributed by atoms with van der Waals surface area (Å²) in [6.45, 7) is 0.0708. The maximum absolute atomic E-state index is 2.65. The van der Waals surface area contributed by atoms with Crippen molar-refractivity contribution in [2.75, 3.05) is 0 Å². The molecule has 1 radical (unpaired) electrons. The fraction of sp³-hybridized carbons (Fsp3) is 0.0204. The molecule has 9 aromatic carbocycles. The van der Waals surface area contributed by atoms with Crippen LogP contribution in [0.15, 0.2) is 158 Å². The number of aromatic nitrogens is 1. The van der Waals surface area contributed by atoms with Gasteiger partial charge in [-0.1, -0.05) is 174 Å². The van der Waals surface area contributed by atoms with Gasteiger partial charge in [0.15, 0.2) is 7.28 Å². The van der Waals surface area contributed by atoms with E-state index in [-0.39, 0.29) is 12.1 Å². The third-order valence-electron chi connectivity index (χ3n) is 13.2. The first-order valence-electron chi connectivity index (χ1n) is 18.5. The fourth-order valence-corrected chi connectivity index (χ4v) is 11.6. The Balaban J connectivity index is 1.16. The van der Waals surface area contributed by atoms with Crippen molar-refractivity contribution in [3.05, 3.63) is 180 Å². The van der Waals surface area contributed by atoms with Gasteiger partial charge in [-0.25, -0.2) is 0 Å². The zero-order valence-corrected chi connectivity index (χ0v) is 28.1. The van der Waals surface area contributed by atoms with Crippen LogP contribution in [-0.4, -0.2) is 18.6 Å². The second-order valence-corrected chi connectivity index (χ2v) is 15.3. The van der Waals surface area contributed by atoms with Crippen LogP contribution >= 0.6 is 0 Å². The maximum atomic E-state index is 2.65. The minimum absolute atomic E-state index is 0.0708. The number of hydrogen-bond donors (Lipinski definition) is 0. The average molecular weight is 650 g/mol. The molecule has 1 aromatic heterocycles. The molecule has 52 heavy (non-hydrogen) atoms. The monoisotopic (exact) mass is 650 g/mol. The number of para-hydroxylation sites is 1. The Hall–Kier alpha value is -6.31. The Kier molecular flexibility index (Phi) is 4.46. The normalized spacial score (nSPS) is 14.8. The molecule has 2 aliphatic carbocycles. The average Bonchev–Trinajstić information content (AvgIpc) is 3.83. The molecule has 0 saturated carbocycles. The lowest BCUT2D eigenvalue weighted by Gasteiger charge is -2.33. The first-order valence-corrected chi connectivity index (χ1v) is 18.5. The summed E-state index contributed by atoms with van der Waals surface area (Å²) in [5.74, 6) is 0. The summed E-state index contributed by atoms with van der Waals surface area (Å²) in [6, 6.07) is 60.4. The molecule has 2 aliphatic heterocycles. The lowest BCUT2D eigenvalue weighted by atomic mass is 9.34. The smallest absolute Gasteiger partial charge is 0.247 e. The third-order valence-corrected chi connectivity index (χ3v) is 13.2. The van der Waals surface area contributed by atoms with Crippen LogP contribution in [0.3, 0.4) is 0 Å². The van der Waals surface area contributed by atoms with Gasteiger partial charge in [-0.15, -0.1) is 0 Å². The molecule has 14 rings (SSSR count). The molecule has 4 aliphatic rings. The van der Waals surface area contributed by atoms with Crippen LogP contribution in [-0.2, 0) is 5.41 Å². The van der Waals surface area contributed by atoms with Crippen LogP contribution < -0.4 is 27.3 Å². The highest BCUT2D eigenvalue weighted by atomic mass is 15.0. The van der Waals surface area contributed by atoms with Gasteiger partial charge in [0, 0.05) is 27.5 Å². The van der Waals surface area contributed by atoms with Gasteiger partial charge in [-0.3, -0.25) is 0 Å². The number of nitrogens with zero attached hydrogens (tertiary/aromatic N) is 1. The van der Waals surface area contributed by atoms with Gasteiger partial charge in [0.25, 0.3) is 0 Å². The quantitative estimate of drug-likeness (QED) is 0.127. The molecule has 0 N–H and O–H groups in total. The van der Waals surface area contributed by atoms with E-state index in [9.17, 15) is 0 Å². The van der Waals surface area contributed by atoms with Gasteiger partial charge in [-0.2, -0.15) is 0 Å². The highest BCUT2D eigenvalue weighted by molar-refractivity contribution is 6.99. The Labute approximate surface area is 301 Å². The number of benzene rings is 9. The second kappa shape index (κ2) is 8.76. The Morgan fingerprint density at radius 2 is 0.981 bits per heavy atom. The highest BCUT2D eigenvalue weighted by Crippen LogP contribution is 2.62. The predicted octanol–water partition coefficient (Wildman–Crippen LogP) is 7.67. The predicted molar refractivity (Wildman–Crippen MR) is 219 cm³/mol. The van der Waals surface area contributed by atoms with Gasteiger partial charge in [-0.05, 0) is 77.0 Å². The zero-order valence-electron chi connectivity index (χ0n) is 28.1. The van der Waals surface area contributed by atoms with E-state index >= 15 is 0 Å². The van der Waals surface area contributed by atoms with Crippen LogP contribution in [0.2, 0.25) is 0 Å².